The number of anilines is 1. The first-order valence-electron chi connectivity index (χ1n) is 11.7. The van der Waals surface area contributed by atoms with E-state index >= 15 is 0 Å². The van der Waals surface area contributed by atoms with Gasteiger partial charge < -0.3 is 15.3 Å². The van der Waals surface area contributed by atoms with Crippen molar-refractivity contribution >= 4 is 40.1 Å². The number of benzene rings is 1. The molecule has 182 valence electrons. The summed E-state index contributed by atoms with van der Waals surface area (Å²) in [6.45, 7) is 1.52. The topological polar surface area (TPSA) is 113 Å². The molecule has 2 N–H and O–H groups in total. The highest BCUT2D eigenvalue weighted by atomic mass is 32.2. The van der Waals surface area contributed by atoms with Crippen LogP contribution in [-0.2, 0) is 7.05 Å². The van der Waals surface area contributed by atoms with E-state index in [-0.39, 0.29) is 6.04 Å². The lowest BCUT2D eigenvalue weighted by Crippen LogP contribution is -2.47. The van der Waals surface area contributed by atoms with Crippen molar-refractivity contribution in [3.8, 4) is 11.1 Å². The van der Waals surface area contributed by atoms with Gasteiger partial charge in [-0.15, -0.1) is 10.2 Å². The van der Waals surface area contributed by atoms with Crippen LogP contribution in [0.4, 0.5) is 10.5 Å². The number of aromatic nitrogens is 6. The molecule has 36 heavy (non-hydrogen) atoms. The standard InChI is InChI=1S/C25H24N8O2S/c1-31-13-18(11-27-31)16-4-7-23-29-30-24(33(23)14-16)36-21-5-6-22-17(10-21)9-20(12-26-22)32-8-2-3-19(15-32)28-25(34)35/h4-7,9-14,19,28H,2-3,8,15H2,1H3,(H,34,35). The Morgan fingerprint density at radius 2 is 2.03 bits per heavy atom. The minimum atomic E-state index is -0.978. The molecule has 0 bridgehead atoms. The van der Waals surface area contributed by atoms with Crippen LogP contribution in [0.2, 0.25) is 0 Å². The lowest BCUT2D eigenvalue weighted by atomic mass is 10.1. The summed E-state index contributed by atoms with van der Waals surface area (Å²) in [4.78, 5) is 18.9. The summed E-state index contributed by atoms with van der Waals surface area (Å²) in [6, 6.07) is 12.2. The second kappa shape index (κ2) is 9.15. The molecule has 1 saturated heterocycles. The van der Waals surface area contributed by atoms with E-state index < -0.39 is 6.09 Å². The monoisotopic (exact) mass is 500 g/mol. The van der Waals surface area contributed by atoms with Crippen molar-refractivity contribution in [3.63, 3.8) is 0 Å². The first-order valence-corrected chi connectivity index (χ1v) is 12.5. The Morgan fingerprint density at radius 3 is 2.86 bits per heavy atom. The second-order valence-corrected chi connectivity index (χ2v) is 9.96. The molecule has 4 aromatic heterocycles. The highest BCUT2D eigenvalue weighted by Crippen LogP contribution is 2.31. The minimum Gasteiger partial charge on any atom is -0.465 e. The van der Waals surface area contributed by atoms with E-state index in [0.29, 0.717) is 6.54 Å². The number of hydrogen-bond acceptors (Lipinski definition) is 7. The van der Waals surface area contributed by atoms with Crippen molar-refractivity contribution in [2.24, 2.45) is 7.05 Å². The van der Waals surface area contributed by atoms with Gasteiger partial charge in [0, 0.05) is 60.0 Å². The third-order valence-corrected chi connectivity index (χ3v) is 7.32. The average Bonchev–Trinajstić information content (AvgIpc) is 3.49. The molecule has 0 spiro atoms. The van der Waals surface area contributed by atoms with Gasteiger partial charge in [-0.3, -0.25) is 14.1 Å². The molecule has 1 unspecified atom stereocenters. The number of amides is 1. The van der Waals surface area contributed by atoms with Gasteiger partial charge >= 0.3 is 6.09 Å². The summed E-state index contributed by atoms with van der Waals surface area (Å²) in [6.07, 6.45) is 8.52. The van der Waals surface area contributed by atoms with E-state index in [1.165, 1.54) is 0 Å². The maximum absolute atomic E-state index is 11.1. The van der Waals surface area contributed by atoms with Crippen LogP contribution >= 0.6 is 11.8 Å². The number of fused-ring (bicyclic) bond motifs is 2. The Labute approximate surface area is 211 Å². The average molecular weight is 501 g/mol. The molecule has 1 amide bonds. The van der Waals surface area contributed by atoms with E-state index in [9.17, 15) is 4.79 Å². The number of carbonyl (C=O) groups is 1. The first-order chi connectivity index (χ1) is 17.5. The molecule has 0 radical (unpaired) electrons. The number of nitrogens with one attached hydrogen (secondary N) is 1. The van der Waals surface area contributed by atoms with Crippen LogP contribution in [0, 0.1) is 0 Å². The number of piperidine rings is 1. The second-order valence-electron chi connectivity index (χ2n) is 8.92. The van der Waals surface area contributed by atoms with Gasteiger partial charge in [0.05, 0.1) is 23.6 Å². The number of carboxylic acid groups (broad SMARTS) is 1. The molecule has 1 aromatic carbocycles. The summed E-state index contributed by atoms with van der Waals surface area (Å²) < 4.78 is 3.78. The van der Waals surface area contributed by atoms with E-state index in [0.717, 1.165) is 62.8 Å². The van der Waals surface area contributed by atoms with Crippen LogP contribution in [-0.4, -0.2) is 59.7 Å². The zero-order valence-electron chi connectivity index (χ0n) is 19.6. The summed E-state index contributed by atoms with van der Waals surface area (Å²) in [5.41, 5.74) is 4.76. The largest absolute Gasteiger partial charge is 0.465 e. The molecule has 6 rings (SSSR count). The molecule has 5 heterocycles. The zero-order chi connectivity index (χ0) is 24.6. The van der Waals surface area contributed by atoms with Gasteiger partial charge in [-0.25, -0.2) is 4.79 Å². The first kappa shape index (κ1) is 22.4. The summed E-state index contributed by atoms with van der Waals surface area (Å²) in [5, 5.41) is 26.5. The third kappa shape index (κ3) is 4.44. The van der Waals surface area contributed by atoms with Gasteiger partial charge in [-0.05, 0) is 61.0 Å². The molecule has 10 nitrogen and oxygen atoms in total. The zero-order valence-corrected chi connectivity index (χ0v) is 20.4. The molecule has 0 saturated carbocycles. The Bertz CT molecular complexity index is 1580. The Hall–Kier alpha value is -4.12. The number of hydrogen-bond donors (Lipinski definition) is 2. The van der Waals surface area contributed by atoms with Gasteiger partial charge in [0.15, 0.2) is 10.8 Å². The van der Waals surface area contributed by atoms with Crippen molar-refractivity contribution in [3.05, 3.63) is 61.2 Å². The molecule has 1 aliphatic heterocycles. The van der Waals surface area contributed by atoms with Crippen molar-refractivity contribution in [1.82, 2.24) is 34.7 Å². The van der Waals surface area contributed by atoms with E-state index in [2.05, 4.69) is 42.6 Å². The summed E-state index contributed by atoms with van der Waals surface area (Å²) in [7, 11) is 1.90. The van der Waals surface area contributed by atoms with Crippen molar-refractivity contribution in [2.75, 3.05) is 18.0 Å². The lowest BCUT2D eigenvalue weighted by Gasteiger charge is -2.34. The molecular weight excluding hydrogens is 476 g/mol. The fraction of sp³-hybridized carbons (Fsp3) is 0.240. The van der Waals surface area contributed by atoms with Gasteiger partial charge in [0.2, 0.25) is 0 Å². The van der Waals surface area contributed by atoms with Crippen molar-refractivity contribution in [2.45, 2.75) is 28.9 Å². The highest BCUT2D eigenvalue weighted by Gasteiger charge is 2.22. The van der Waals surface area contributed by atoms with Gasteiger partial charge in [0.1, 0.15) is 0 Å². The Morgan fingerprint density at radius 1 is 1.11 bits per heavy atom. The van der Waals surface area contributed by atoms with Crippen LogP contribution < -0.4 is 10.2 Å². The van der Waals surface area contributed by atoms with Crippen molar-refractivity contribution < 1.29 is 9.90 Å². The Balaban J connectivity index is 1.27. The van der Waals surface area contributed by atoms with Crippen LogP contribution in [0.25, 0.3) is 27.7 Å². The predicted molar refractivity (Wildman–Crippen MR) is 137 cm³/mol. The Kier molecular flexibility index (Phi) is 5.68. The lowest BCUT2D eigenvalue weighted by molar-refractivity contribution is 0.188. The van der Waals surface area contributed by atoms with Gasteiger partial charge in [-0.2, -0.15) is 5.10 Å². The minimum absolute atomic E-state index is 0.0772. The summed E-state index contributed by atoms with van der Waals surface area (Å²) >= 11 is 1.55. The molecule has 1 atom stereocenters. The third-order valence-electron chi connectivity index (χ3n) is 6.37. The smallest absolute Gasteiger partial charge is 0.404 e. The molecule has 0 aliphatic carbocycles. The molecule has 1 aliphatic rings. The van der Waals surface area contributed by atoms with E-state index in [1.807, 2.05) is 60.5 Å². The number of aryl methyl sites for hydroxylation is 1. The highest BCUT2D eigenvalue weighted by molar-refractivity contribution is 7.99. The fourth-order valence-electron chi connectivity index (χ4n) is 4.62. The van der Waals surface area contributed by atoms with Crippen LogP contribution in [0.3, 0.4) is 0 Å². The molecule has 1 fully saturated rings. The van der Waals surface area contributed by atoms with Gasteiger partial charge in [-0.1, -0.05) is 0 Å². The summed E-state index contributed by atoms with van der Waals surface area (Å²) in [5.74, 6) is 0. The van der Waals surface area contributed by atoms with Crippen LogP contribution in [0.1, 0.15) is 12.8 Å². The van der Waals surface area contributed by atoms with Crippen LogP contribution in [0.15, 0.2) is 71.2 Å². The molecular formula is C25H24N8O2S. The maximum atomic E-state index is 11.1. The number of rotatable bonds is 5. The number of nitrogens with zero attached hydrogens (tertiary/aromatic N) is 7. The van der Waals surface area contributed by atoms with E-state index in [4.69, 9.17) is 5.11 Å². The SMILES string of the molecule is Cn1cc(-c2ccc3nnc(Sc4ccc5ncc(N6CCCC(NC(=O)O)C6)cc5c4)n3c2)cn1. The predicted octanol–water partition coefficient (Wildman–Crippen LogP) is 4.07. The molecule has 11 heteroatoms. The van der Waals surface area contributed by atoms with Crippen molar-refractivity contribution in [1.29, 1.82) is 0 Å². The normalized spacial score (nSPS) is 16.0. The van der Waals surface area contributed by atoms with E-state index in [1.54, 1.807) is 16.4 Å². The van der Waals surface area contributed by atoms with Crippen LogP contribution in [0.5, 0.6) is 0 Å². The fourth-order valence-corrected chi connectivity index (χ4v) is 5.48. The maximum Gasteiger partial charge on any atom is 0.404 e. The number of pyridine rings is 2. The quantitative estimate of drug-likeness (QED) is 0.371. The van der Waals surface area contributed by atoms with Gasteiger partial charge in [0.25, 0.3) is 0 Å². The molecule has 5 aromatic rings.